The smallest absolute Gasteiger partial charge is 0.130 e. The van der Waals surface area contributed by atoms with E-state index in [1.807, 2.05) is 6.20 Å². The van der Waals surface area contributed by atoms with Gasteiger partial charge in [0.2, 0.25) is 0 Å². The quantitative estimate of drug-likeness (QED) is 0.800. The molecule has 1 aliphatic rings. The fraction of sp³-hybridized carbons (Fsp3) is 0.417. The lowest BCUT2D eigenvalue weighted by molar-refractivity contribution is 0.305. The van der Waals surface area contributed by atoms with Crippen LogP contribution >= 0.6 is 15.9 Å². The zero-order valence-electron chi connectivity index (χ0n) is 9.23. The highest BCUT2D eigenvalue weighted by molar-refractivity contribution is 9.10. The van der Waals surface area contributed by atoms with E-state index in [0.29, 0.717) is 6.04 Å². The van der Waals surface area contributed by atoms with Crippen molar-refractivity contribution >= 4 is 21.4 Å². The van der Waals surface area contributed by atoms with E-state index in [1.54, 1.807) is 0 Å². The molecule has 16 heavy (non-hydrogen) atoms. The standard InChI is InChI=1S/C12H14BrN3/c1-15-5-2-3-11(15)12-14-8-10-7-9(13)4-6-16(10)12/h4,6-8,11H,2-3,5H2,1H3. The van der Waals surface area contributed by atoms with Gasteiger partial charge in [-0.1, -0.05) is 15.9 Å². The number of hydrogen-bond donors (Lipinski definition) is 0. The normalized spacial score (nSPS) is 22.0. The SMILES string of the molecule is CN1CCCC1c1ncc2cc(Br)ccn12. The lowest BCUT2D eigenvalue weighted by Gasteiger charge is -2.18. The first-order chi connectivity index (χ1) is 7.75. The average molecular weight is 280 g/mol. The summed E-state index contributed by atoms with van der Waals surface area (Å²) < 4.78 is 3.29. The maximum absolute atomic E-state index is 4.57. The van der Waals surface area contributed by atoms with E-state index in [4.69, 9.17) is 0 Å². The van der Waals surface area contributed by atoms with Gasteiger partial charge in [-0.2, -0.15) is 0 Å². The molecular weight excluding hydrogens is 266 g/mol. The van der Waals surface area contributed by atoms with Gasteiger partial charge >= 0.3 is 0 Å². The summed E-state index contributed by atoms with van der Waals surface area (Å²) in [5, 5.41) is 0. The summed E-state index contributed by atoms with van der Waals surface area (Å²) in [4.78, 5) is 6.96. The zero-order valence-corrected chi connectivity index (χ0v) is 10.8. The molecule has 1 fully saturated rings. The molecule has 2 aromatic heterocycles. The highest BCUT2D eigenvalue weighted by Crippen LogP contribution is 2.30. The summed E-state index contributed by atoms with van der Waals surface area (Å²) in [7, 11) is 2.18. The van der Waals surface area contributed by atoms with Crippen LogP contribution in [0.4, 0.5) is 0 Å². The summed E-state index contributed by atoms with van der Waals surface area (Å²) in [6.07, 6.45) is 6.53. The lowest BCUT2D eigenvalue weighted by Crippen LogP contribution is -2.19. The van der Waals surface area contributed by atoms with Crippen molar-refractivity contribution in [2.75, 3.05) is 13.6 Å². The predicted molar refractivity (Wildman–Crippen MR) is 67.5 cm³/mol. The number of imidazole rings is 1. The summed E-state index contributed by atoms with van der Waals surface area (Å²) in [5.74, 6) is 1.17. The Bertz CT molecular complexity index is 520. The third-order valence-corrected chi connectivity index (χ3v) is 3.83. The van der Waals surface area contributed by atoms with E-state index in [1.165, 1.54) is 25.2 Å². The van der Waals surface area contributed by atoms with Crippen molar-refractivity contribution in [3.63, 3.8) is 0 Å². The van der Waals surface area contributed by atoms with E-state index >= 15 is 0 Å². The number of nitrogens with zero attached hydrogens (tertiary/aromatic N) is 3. The van der Waals surface area contributed by atoms with Crippen LogP contribution in [-0.4, -0.2) is 27.9 Å². The molecule has 1 aliphatic heterocycles. The van der Waals surface area contributed by atoms with Gasteiger partial charge in [-0.15, -0.1) is 0 Å². The maximum Gasteiger partial charge on any atom is 0.130 e. The van der Waals surface area contributed by atoms with Gasteiger partial charge in [0.15, 0.2) is 0 Å². The van der Waals surface area contributed by atoms with Gasteiger partial charge in [-0.25, -0.2) is 4.98 Å². The second kappa shape index (κ2) is 3.86. The molecule has 0 bridgehead atoms. The van der Waals surface area contributed by atoms with Crippen molar-refractivity contribution in [2.45, 2.75) is 18.9 Å². The molecule has 0 N–H and O–H groups in total. The van der Waals surface area contributed by atoms with Crippen LogP contribution in [-0.2, 0) is 0 Å². The van der Waals surface area contributed by atoms with Gasteiger partial charge in [0.25, 0.3) is 0 Å². The second-order valence-electron chi connectivity index (χ2n) is 4.39. The monoisotopic (exact) mass is 279 g/mol. The number of fused-ring (bicyclic) bond motifs is 1. The largest absolute Gasteiger partial charge is 0.302 e. The Morgan fingerprint density at radius 3 is 3.12 bits per heavy atom. The van der Waals surface area contributed by atoms with E-state index in [-0.39, 0.29) is 0 Å². The minimum absolute atomic E-state index is 0.476. The molecule has 1 atom stereocenters. The van der Waals surface area contributed by atoms with Crippen molar-refractivity contribution in [3.05, 3.63) is 34.8 Å². The summed E-state index contributed by atoms with van der Waals surface area (Å²) in [6, 6.07) is 4.64. The minimum atomic E-state index is 0.476. The van der Waals surface area contributed by atoms with Gasteiger partial charge in [0.05, 0.1) is 17.8 Å². The predicted octanol–water partition coefficient (Wildman–Crippen LogP) is 2.86. The molecular formula is C12H14BrN3. The number of likely N-dealkylation sites (tertiary alicyclic amines) is 1. The van der Waals surface area contributed by atoms with E-state index in [9.17, 15) is 0 Å². The van der Waals surface area contributed by atoms with Crippen LogP contribution in [0.2, 0.25) is 0 Å². The summed E-state index contributed by atoms with van der Waals surface area (Å²) in [5.41, 5.74) is 1.16. The number of hydrogen-bond acceptors (Lipinski definition) is 2. The summed E-state index contributed by atoms with van der Waals surface area (Å²) in [6.45, 7) is 1.18. The molecule has 0 spiro atoms. The first kappa shape index (κ1) is 10.3. The number of rotatable bonds is 1. The molecule has 0 aliphatic carbocycles. The van der Waals surface area contributed by atoms with Gasteiger partial charge in [-0.05, 0) is 38.6 Å². The summed E-state index contributed by atoms with van der Waals surface area (Å²) >= 11 is 3.49. The van der Waals surface area contributed by atoms with Gasteiger partial charge in [0, 0.05) is 10.7 Å². The number of halogens is 1. The molecule has 1 saturated heterocycles. The third kappa shape index (κ3) is 1.57. The average Bonchev–Trinajstić information content (AvgIpc) is 2.83. The lowest BCUT2D eigenvalue weighted by atomic mass is 10.2. The maximum atomic E-state index is 4.57. The van der Waals surface area contributed by atoms with Crippen molar-refractivity contribution in [1.82, 2.24) is 14.3 Å². The van der Waals surface area contributed by atoms with Crippen LogP contribution in [0.5, 0.6) is 0 Å². The fourth-order valence-electron chi connectivity index (χ4n) is 2.48. The highest BCUT2D eigenvalue weighted by atomic mass is 79.9. The Labute approximate surface area is 103 Å². The first-order valence-corrected chi connectivity index (χ1v) is 6.38. The molecule has 3 nitrogen and oxygen atoms in total. The molecule has 0 aromatic carbocycles. The van der Waals surface area contributed by atoms with Crippen LogP contribution in [0.3, 0.4) is 0 Å². The second-order valence-corrected chi connectivity index (χ2v) is 5.31. The Hall–Kier alpha value is -0.870. The van der Waals surface area contributed by atoms with Crippen molar-refractivity contribution in [1.29, 1.82) is 0 Å². The zero-order chi connectivity index (χ0) is 11.1. The topological polar surface area (TPSA) is 20.5 Å². The molecule has 0 amide bonds. The van der Waals surface area contributed by atoms with Crippen LogP contribution < -0.4 is 0 Å². The van der Waals surface area contributed by atoms with Gasteiger partial charge in [-0.3, -0.25) is 4.90 Å². The van der Waals surface area contributed by atoms with Gasteiger partial charge in [0.1, 0.15) is 5.82 Å². The Kier molecular flexibility index (Phi) is 2.48. The molecule has 0 saturated carbocycles. The third-order valence-electron chi connectivity index (χ3n) is 3.34. The number of pyridine rings is 1. The molecule has 0 radical (unpaired) electrons. The minimum Gasteiger partial charge on any atom is -0.302 e. The van der Waals surface area contributed by atoms with Crippen LogP contribution in [0.1, 0.15) is 24.7 Å². The molecule has 4 heteroatoms. The highest BCUT2D eigenvalue weighted by Gasteiger charge is 2.25. The molecule has 2 aromatic rings. The number of aromatic nitrogens is 2. The van der Waals surface area contributed by atoms with E-state index in [0.717, 1.165) is 9.99 Å². The van der Waals surface area contributed by atoms with Crippen molar-refractivity contribution < 1.29 is 0 Å². The van der Waals surface area contributed by atoms with Crippen LogP contribution in [0.25, 0.3) is 5.52 Å². The molecule has 84 valence electrons. The molecule has 3 rings (SSSR count). The van der Waals surface area contributed by atoms with E-state index < -0.39 is 0 Å². The van der Waals surface area contributed by atoms with Gasteiger partial charge < -0.3 is 4.40 Å². The fourth-order valence-corrected chi connectivity index (χ4v) is 2.83. The Morgan fingerprint density at radius 2 is 2.38 bits per heavy atom. The molecule has 3 heterocycles. The van der Waals surface area contributed by atoms with Crippen LogP contribution in [0.15, 0.2) is 29.0 Å². The van der Waals surface area contributed by atoms with Crippen molar-refractivity contribution in [2.24, 2.45) is 0 Å². The van der Waals surface area contributed by atoms with Crippen LogP contribution in [0, 0.1) is 0 Å². The van der Waals surface area contributed by atoms with E-state index in [2.05, 4.69) is 55.6 Å². The Morgan fingerprint density at radius 1 is 1.50 bits per heavy atom. The first-order valence-electron chi connectivity index (χ1n) is 5.58. The molecule has 1 unspecified atom stereocenters. The van der Waals surface area contributed by atoms with Crippen molar-refractivity contribution in [3.8, 4) is 0 Å². The Balaban J connectivity index is 2.10.